The summed E-state index contributed by atoms with van der Waals surface area (Å²) in [6.07, 6.45) is -2.32. The van der Waals surface area contributed by atoms with Gasteiger partial charge >= 0.3 is 0 Å². The Morgan fingerprint density at radius 3 is 2.86 bits per heavy atom. The Balaban J connectivity index is 2.36. The molecule has 1 aromatic heterocycles. The number of nitrogens with one attached hydrogen (secondary N) is 1. The molecule has 0 aliphatic rings. The third-order valence-corrected chi connectivity index (χ3v) is 2.66. The van der Waals surface area contributed by atoms with Crippen molar-refractivity contribution in [3.8, 4) is 0 Å². The van der Waals surface area contributed by atoms with Crippen molar-refractivity contribution in [3.05, 3.63) is 16.1 Å². The Kier molecular flexibility index (Phi) is 4.37. The van der Waals surface area contributed by atoms with Crippen LogP contribution in [0.1, 0.15) is 23.7 Å². The molecule has 0 aromatic carbocycles. The molecule has 1 rings (SSSR count). The maximum Gasteiger partial charge on any atom is 0.250 e. The molecule has 3 nitrogen and oxygen atoms in total. The van der Waals surface area contributed by atoms with Crippen LogP contribution >= 0.6 is 11.3 Å². The van der Waals surface area contributed by atoms with E-state index >= 15 is 0 Å². The van der Waals surface area contributed by atoms with Gasteiger partial charge in [0.1, 0.15) is 5.01 Å². The van der Waals surface area contributed by atoms with Crippen LogP contribution in [0, 0.1) is 0 Å². The van der Waals surface area contributed by atoms with Crippen LogP contribution in [0.25, 0.3) is 0 Å². The second-order valence-electron chi connectivity index (χ2n) is 2.99. The number of rotatable bonds is 5. The van der Waals surface area contributed by atoms with Gasteiger partial charge in [0.15, 0.2) is 0 Å². The summed E-state index contributed by atoms with van der Waals surface area (Å²) in [5, 5.41) is 5.27. The average Bonchev–Trinajstić information content (AvgIpc) is 2.52. The summed E-state index contributed by atoms with van der Waals surface area (Å²) < 4.78 is 23.5. The molecule has 0 radical (unpaired) electrons. The summed E-state index contributed by atoms with van der Waals surface area (Å²) in [5.74, 6) is 0. The number of aromatic nitrogens is 1. The third-order valence-electron chi connectivity index (χ3n) is 1.56. The van der Waals surface area contributed by atoms with Crippen LogP contribution in [0.3, 0.4) is 0 Å². The Morgan fingerprint density at radius 1 is 1.64 bits per heavy atom. The molecule has 0 fully saturated rings. The Labute approximate surface area is 85.3 Å². The molecular formula is C8H13F2N3S. The lowest BCUT2D eigenvalue weighted by atomic mass is 10.4. The van der Waals surface area contributed by atoms with Gasteiger partial charge in [-0.25, -0.2) is 13.8 Å². The standard InChI is InChI=1S/C8H13F2N3S/c1-5(11)8-13-6(4-14-8)2-12-3-7(9)10/h4-5,7,12H,2-3,11H2,1H3. The van der Waals surface area contributed by atoms with Crippen molar-refractivity contribution in [3.63, 3.8) is 0 Å². The number of thiazole rings is 1. The molecule has 0 amide bonds. The number of hydrogen-bond donors (Lipinski definition) is 2. The fourth-order valence-corrected chi connectivity index (χ4v) is 1.70. The quantitative estimate of drug-likeness (QED) is 0.792. The summed E-state index contributed by atoms with van der Waals surface area (Å²) in [5.41, 5.74) is 6.38. The predicted octanol–water partition coefficient (Wildman–Crippen LogP) is 1.52. The fourth-order valence-electron chi connectivity index (χ4n) is 0.922. The molecular weight excluding hydrogens is 208 g/mol. The normalized spacial score (nSPS) is 13.5. The number of alkyl halides is 2. The molecule has 0 saturated carbocycles. The molecule has 1 aromatic rings. The zero-order valence-electron chi connectivity index (χ0n) is 7.84. The van der Waals surface area contributed by atoms with Crippen molar-refractivity contribution in [1.29, 1.82) is 0 Å². The van der Waals surface area contributed by atoms with E-state index in [1.807, 2.05) is 12.3 Å². The Bertz CT molecular complexity index is 275. The van der Waals surface area contributed by atoms with Gasteiger partial charge < -0.3 is 11.1 Å². The van der Waals surface area contributed by atoms with Gasteiger partial charge in [-0.15, -0.1) is 11.3 Å². The zero-order valence-corrected chi connectivity index (χ0v) is 8.65. The van der Waals surface area contributed by atoms with Crippen molar-refractivity contribution in [2.45, 2.75) is 25.9 Å². The van der Waals surface area contributed by atoms with Gasteiger partial charge in [-0.1, -0.05) is 0 Å². The van der Waals surface area contributed by atoms with E-state index < -0.39 is 6.43 Å². The lowest BCUT2D eigenvalue weighted by Crippen LogP contribution is -2.20. The maximum atomic E-state index is 11.8. The van der Waals surface area contributed by atoms with Crippen molar-refractivity contribution in [2.24, 2.45) is 5.73 Å². The lowest BCUT2D eigenvalue weighted by Gasteiger charge is -2.01. The number of nitrogens with zero attached hydrogens (tertiary/aromatic N) is 1. The molecule has 0 spiro atoms. The van der Waals surface area contributed by atoms with Crippen molar-refractivity contribution in [2.75, 3.05) is 6.54 Å². The van der Waals surface area contributed by atoms with E-state index in [2.05, 4.69) is 10.3 Å². The highest BCUT2D eigenvalue weighted by atomic mass is 32.1. The number of halogens is 2. The first-order chi connectivity index (χ1) is 6.59. The van der Waals surface area contributed by atoms with Gasteiger partial charge in [-0.3, -0.25) is 0 Å². The lowest BCUT2D eigenvalue weighted by molar-refractivity contribution is 0.145. The predicted molar refractivity (Wildman–Crippen MR) is 52.4 cm³/mol. The molecule has 80 valence electrons. The van der Waals surface area contributed by atoms with Gasteiger partial charge in [-0.2, -0.15) is 0 Å². The van der Waals surface area contributed by atoms with Crippen LogP contribution in [0.2, 0.25) is 0 Å². The first kappa shape index (κ1) is 11.5. The number of hydrogen-bond acceptors (Lipinski definition) is 4. The van der Waals surface area contributed by atoms with E-state index in [1.54, 1.807) is 0 Å². The largest absolute Gasteiger partial charge is 0.322 e. The zero-order chi connectivity index (χ0) is 10.6. The van der Waals surface area contributed by atoms with Crippen LogP contribution in [0.5, 0.6) is 0 Å². The van der Waals surface area contributed by atoms with Gasteiger partial charge in [0, 0.05) is 11.9 Å². The summed E-state index contributed by atoms with van der Waals surface area (Å²) >= 11 is 1.45. The Hall–Kier alpha value is -0.590. The van der Waals surface area contributed by atoms with E-state index in [0.29, 0.717) is 6.54 Å². The van der Waals surface area contributed by atoms with Gasteiger partial charge in [0.2, 0.25) is 0 Å². The first-order valence-corrected chi connectivity index (χ1v) is 5.16. The molecule has 1 atom stereocenters. The highest BCUT2D eigenvalue weighted by Crippen LogP contribution is 2.15. The van der Waals surface area contributed by atoms with Gasteiger partial charge in [0.25, 0.3) is 6.43 Å². The molecule has 0 aliphatic heterocycles. The molecule has 1 heterocycles. The van der Waals surface area contributed by atoms with Crippen LogP contribution < -0.4 is 11.1 Å². The summed E-state index contributed by atoms with van der Waals surface area (Å²) in [4.78, 5) is 4.19. The minimum atomic E-state index is -2.32. The van der Waals surface area contributed by atoms with E-state index in [4.69, 9.17) is 5.73 Å². The summed E-state index contributed by atoms with van der Waals surface area (Å²) in [7, 11) is 0. The topological polar surface area (TPSA) is 50.9 Å². The van der Waals surface area contributed by atoms with Crippen molar-refractivity contribution in [1.82, 2.24) is 10.3 Å². The highest BCUT2D eigenvalue weighted by molar-refractivity contribution is 7.09. The van der Waals surface area contributed by atoms with Crippen LogP contribution in [-0.2, 0) is 6.54 Å². The SMILES string of the molecule is CC(N)c1nc(CNCC(F)F)cs1. The summed E-state index contributed by atoms with van der Waals surface area (Å²) in [6.45, 7) is 1.91. The molecule has 0 saturated heterocycles. The minimum absolute atomic E-state index is 0.0937. The third kappa shape index (κ3) is 3.65. The summed E-state index contributed by atoms with van der Waals surface area (Å²) in [6, 6.07) is -0.0937. The smallest absolute Gasteiger partial charge is 0.250 e. The monoisotopic (exact) mass is 221 g/mol. The van der Waals surface area contributed by atoms with Crippen LogP contribution in [0.15, 0.2) is 5.38 Å². The maximum absolute atomic E-state index is 11.8. The number of nitrogens with two attached hydrogens (primary N) is 1. The first-order valence-electron chi connectivity index (χ1n) is 4.28. The average molecular weight is 221 g/mol. The minimum Gasteiger partial charge on any atom is -0.322 e. The van der Waals surface area contributed by atoms with E-state index in [1.165, 1.54) is 11.3 Å². The van der Waals surface area contributed by atoms with E-state index in [-0.39, 0.29) is 12.6 Å². The highest BCUT2D eigenvalue weighted by Gasteiger charge is 2.06. The van der Waals surface area contributed by atoms with E-state index in [9.17, 15) is 8.78 Å². The van der Waals surface area contributed by atoms with Crippen molar-refractivity contribution >= 4 is 11.3 Å². The fraction of sp³-hybridized carbons (Fsp3) is 0.625. The molecule has 6 heteroatoms. The second kappa shape index (κ2) is 5.33. The molecule has 0 bridgehead atoms. The van der Waals surface area contributed by atoms with Crippen LogP contribution in [0.4, 0.5) is 8.78 Å². The molecule has 14 heavy (non-hydrogen) atoms. The van der Waals surface area contributed by atoms with Crippen LogP contribution in [-0.4, -0.2) is 18.0 Å². The van der Waals surface area contributed by atoms with E-state index in [0.717, 1.165) is 10.7 Å². The molecule has 1 unspecified atom stereocenters. The molecule has 0 aliphatic carbocycles. The van der Waals surface area contributed by atoms with Gasteiger partial charge in [-0.05, 0) is 6.92 Å². The van der Waals surface area contributed by atoms with Crippen molar-refractivity contribution < 1.29 is 8.78 Å². The van der Waals surface area contributed by atoms with Gasteiger partial charge in [0.05, 0.1) is 18.3 Å². The molecule has 3 N–H and O–H groups in total. The Morgan fingerprint density at radius 2 is 2.36 bits per heavy atom. The second-order valence-corrected chi connectivity index (χ2v) is 3.88.